The quantitative estimate of drug-likeness (QED) is 0.284. The third kappa shape index (κ3) is 4.56. The Labute approximate surface area is 208 Å². The highest BCUT2D eigenvalue weighted by molar-refractivity contribution is 7.99. The van der Waals surface area contributed by atoms with Crippen LogP contribution in [0.5, 0.6) is 0 Å². The van der Waals surface area contributed by atoms with Gasteiger partial charge in [-0.25, -0.2) is 9.36 Å². The van der Waals surface area contributed by atoms with E-state index < -0.39 is 0 Å². The van der Waals surface area contributed by atoms with Crippen LogP contribution >= 0.6 is 11.8 Å². The molecule has 1 aromatic heterocycles. The molecule has 4 aromatic carbocycles. The maximum absolute atomic E-state index is 13.8. The second-order valence-corrected chi connectivity index (χ2v) is 8.99. The van der Waals surface area contributed by atoms with Gasteiger partial charge >= 0.3 is 6.03 Å². The van der Waals surface area contributed by atoms with Gasteiger partial charge in [0.05, 0.1) is 16.1 Å². The first kappa shape index (κ1) is 22.5. The third-order valence-electron chi connectivity index (χ3n) is 5.54. The Kier molecular flexibility index (Phi) is 6.37. The second kappa shape index (κ2) is 9.91. The fourth-order valence-corrected chi connectivity index (χ4v) is 5.13. The average molecular weight is 478 g/mol. The first-order chi connectivity index (χ1) is 17.1. The molecular formula is C29H23N3O2S. The highest BCUT2D eigenvalue weighted by atomic mass is 32.2. The molecule has 0 aliphatic heterocycles. The second-order valence-electron chi connectivity index (χ2n) is 7.91. The summed E-state index contributed by atoms with van der Waals surface area (Å²) in [6.07, 6.45) is 0. The molecule has 0 fully saturated rings. The molecule has 0 unspecified atom stereocenters. The van der Waals surface area contributed by atoms with Crippen molar-refractivity contribution in [3.05, 3.63) is 115 Å². The molecule has 2 amide bonds. The van der Waals surface area contributed by atoms with Crippen LogP contribution in [-0.2, 0) is 4.79 Å². The molecule has 1 heterocycles. The number of hydrogen-bond donors (Lipinski definition) is 1. The fourth-order valence-electron chi connectivity index (χ4n) is 4.04. The van der Waals surface area contributed by atoms with Gasteiger partial charge in [-0.2, -0.15) is 0 Å². The van der Waals surface area contributed by atoms with Crippen LogP contribution < -0.4 is 10.2 Å². The number of rotatable bonds is 5. The largest absolute Gasteiger partial charge is 0.332 e. The number of amides is 2. The first-order valence-electron chi connectivity index (χ1n) is 11.2. The standard InChI is InChI=1S/C29H23N3O2S/c1-21(33)31(23-15-7-3-8-16-23)28-27(35-24-17-9-4-10-18-24)25-19-11-12-20-26(25)32(28)29(34)30-22-13-5-2-6-14-22/h2-20H,1H3,(H,30,34). The van der Waals surface area contributed by atoms with Gasteiger partial charge in [0.25, 0.3) is 0 Å². The van der Waals surface area contributed by atoms with Gasteiger partial charge in [0.2, 0.25) is 5.91 Å². The van der Waals surface area contributed by atoms with E-state index in [1.165, 1.54) is 18.7 Å². The first-order valence-corrected chi connectivity index (χ1v) is 12.0. The number of carbonyl (C=O) groups excluding carboxylic acids is 2. The molecule has 0 saturated carbocycles. The minimum atomic E-state index is -0.343. The number of carbonyl (C=O) groups is 2. The van der Waals surface area contributed by atoms with Crippen molar-refractivity contribution < 1.29 is 9.59 Å². The van der Waals surface area contributed by atoms with Gasteiger partial charge < -0.3 is 5.32 Å². The van der Waals surface area contributed by atoms with E-state index in [0.717, 1.165) is 20.7 Å². The molecule has 0 atom stereocenters. The van der Waals surface area contributed by atoms with Crippen molar-refractivity contribution in [1.82, 2.24) is 4.57 Å². The molecule has 0 spiro atoms. The third-order valence-corrected chi connectivity index (χ3v) is 6.65. The monoisotopic (exact) mass is 477 g/mol. The van der Waals surface area contributed by atoms with Crippen LogP contribution in [0, 0.1) is 0 Å². The van der Waals surface area contributed by atoms with E-state index in [4.69, 9.17) is 0 Å². The smallest absolute Gasteiger partial charge is 0.307 e. The van der Waals surface area contributed by atoms with Gasteiger partial charge in [0.15, 0.2) is 0 Å². The van der Waals surface area contributed by atoms with Crippen LogP contribution in [0.3, 0.4) is 0 Å². The summed E-state index contributed by atoms with van der Waals surface area (Å²) < 4.78 is 1.60. The van der Waals surface area contributed by atoms with Crippen molar-refractivity contribution in [2.75, 3.05) is 10.2 Å². The number of anilines is 3. The Bertz CT molecular complexity index is 1480. The van der Waals surface area contributed by atoms with E-state index in [2.05, 4.69) is 5.32 Å². The van der Waals surface area contributed by atoms with Crippen LogP contribution in [0.2, 0.25) is 0 Å². The Morgan fingerprint density at radius 3 is 1.97 bits per heavy atom. The molecule has 5 nitrogen and oxygen atoms in total. The van der Waals surface area contributed by atoms with Crippen molar-refractivity contribution in [3.8, 4) is 0 Å². The normalized spacial score (nSPS) is 10.8. The van der Waals surface area contributed by atoms with Crippen molar-refractivity contribution in [2.24, 2.45) is 0 Å². The SMILES string of the molecule is CC(=O)N(c1ccccc1)c1c(Sc2ccccc2)c2ccccc2n1C(=O)Nc1ccccc1. The van der Waals surface area contributed by atoms with Gasteiger partial charge in [-0.3, -0.25) is 9.69 Å². The van der Waals surface area contributed by atoms with E-state index in [0.29, 0.717) is 17.2 Å². The maximum atomic E-state index is 13.8. The average Bonchev–Trinajstić information content (AvgIpc) is 3.19. The molecule has 0 aliphatic rings. The fraction of sp³-hybridized carbons (Fsp3) is 0.0345. The Morgan fingerprint density at radius 1 is 0.743 bits per heavy atom. The Balaban J connectivity index is 1.77. The van der Waals surface area contributed by atoms with Crippen molar-refractivity contribution in [1.29, 1.82) is 0 Å². The number of benzene rings is 4. The number of hydrogen-bond acceptors (Lipinski definition) is 3. The molecule has 6 heteroatoms. The summed E-state index contributed by atoms with van der Waals surface area (Å²) in [5.41, 5.74) is 2.08. The molecule has 5 rings (SSSR count). The number of nitrogens with one attached hydrogen (secondary N) is 1. The van der Waals surface area contributed by atoms with Gasteiger partial charge in [-0.05, 0) is 42.5 Å². The van der Waals surface area contributed by atoms with Crippen molar-refractivity contribution in [3.63, 3.8) is 0 Å². The Morgan fingerprint density at radius 2 is 1.31 bits per heavy atom. The van der Waals surface area contributed by atoms with E-state index in [1.807, 2.05) is 115 Å². The van der Waals surface area contributed by atoms with E-state index >= 15 is 0 Å². The van der Waals surface area contributed by atoms with Gasteiger partial charge in [0.1, 0.15) is 5.82 Å². The van der Waals surface area contributed by atoms with Gasteiger partial charge in [-0.1, -0.05) is 84.6 Å². The molecule has 35 heavy (non-hydrogen) atoms. The predicted octanol–water partition coefficient (Wildman–Crippen LogP) is 7.56. The topological polar surface area (TPSA) is 54.3 Å². The van der Waals surface area contributed by atoms with Gasteiger partial charge in [0, 0.05) is 22.9 Å². The summed E-state index contributed by atoms with van der Waals surface area (Å²) in [7, 11) is 0. The maximum Gasteiger partial charge on any atom is 0.332 e. The highest BCUT2D eigenvalue weighted by Gasteiger charge is 2.29. The number of aromatic nitrogens is 1. The molecule has 0 aliphatic carbocycles. The molecule has 0 bridgehead atoms. The summed E-state index contributed by atoms with van der Waals surface area (Å²) in [5, 5.41) is 3.88. The summed E-state index contributed by atoms with van der Waals surface area (Å²) >= 11 is 1.53. The lowest BCUT2D eigenvalue weighted by Gasteiger charge is -2.24. The van der Waals surface area contributed by atoms with Crippen molar-refractivity contribution in [2.45, 2.75) is 16.7 Å². The van der Waals surface area contributed by atoms with Crippen LogP contribution in [-0.4, -0.2) is 16.5 Å². The minimum absolute atomic E-state index is 0.192. The van der Waals surface area contributed by atoms with Gasteiger partial charge in [-0.15, -0.1) is 0 Å². The summed E-state index contributed by atoms with van der Waals surface area (Å²) in [4.78, 5) is 30.4. The summed E-state index contributed by atoms with van der Waals surface area (Å²) in [6, 6.07) is 36.1. The van der Waals surface area contributed by atoms with Crippen LogP contribution in [0.4, 0.5) is 22.0 Å². The van der Waals surface area contributed by atoms with Crippen LogP contribution in [0.15, 0.2) is 125 Å². The van der Waals surface area contributed by atoms with E-state index in [-0.39, 0.29) is 11.9 Å². The lowest BCUT2D eigenvalue weighted by atomic mass is 10.2. The van der Waals surface area contributed by atoms with Crippen LogP contribution in [0.25, 0.3) is 10.9 Å². The lowest BCUT2D eigenvalue weighted by Crippen LogP contribution is -2.29. The van der Waals surface area contributed by atoms with Crippen LogP contribution in [0.1, 0.15) is 6.92 Å². The molecular weight excluding hydrogens is 454 g/mol. The summed E-state index contributed by atoms with van der Waals surface area (Å²) in [5.74, 6) is 0.315. The summed E-state index contributed by atoms with van der Waals surface area (Å²) in [6.45, 7) is 1.51. The molecule has 1 N–H and O–H groups in total. The van der Waals surface area contributed by atoms with E-state index in [1.54, 1.807) is 9.47 Å². The number of fused-ring (bicyclic) bond motifs is 1. The molecule has 0 saturated heterocycles. The molecule has 172 valence electrons. The lowest BCUT2D eigenvalue weighted by molar-refractivity contribution is -0.115. The predicted molar refractivity (Wildman–Crippen MR) is 143 cm³/mol. The van der Waals surface area contributed by atoms with Crippen molar-refractivity contribution >= 4 is 51.8 Å². The number of para-hydroxylation sites is 3. The van der Waals surface area contributed by atoms with E-state index in [9.17, 15) is 9.59 Å². The zero-order chi connectivity index (χ0) is 24.2. The minimum Gasteiger partial charge on any atom is -0.307 e. The highest BCUT2D eigenvalue weighted by Crippen LogP contribution is 2.45. The zero-order valence-electron chi connectivity index (χ0n) is 19.1. The number of nitrogens with zero attached hydrogens (tertiary/aromatic N) is 2. The molecule has 0 radical (unpaired) electrons. The Hall–Kier alpha value is -4.29. The zero-order valence-corrected chi connectivity index (χ0v) is 19.9. The molecule has 5 aromatic rings.